The van der Waals surface area contributed by atoms with Crippen LogP contribution in [0.1, 0.15) is 28.9 Å². The fourth-order valence-corrected chi connectivity index (χ4v) is 3.70. The number of thioether (sulfide) groups is 1. The number of hydrogen-bond acceptors (Lipinski definition) is 6. The third kappa shape index (κ3) is 4.71. The first-order valence-corrected chi connectivity index (χ1v) is 10.7. The van der Waals surface area contributed by atoms with Gasteiger partial charge < -0.3 is 24.8 Å². The van der Waals surface area contributed by atoms with Gasteiger partial charge in [0.1, 0.15) is 13.2 Å². The molecule has 0 spiro atoms. The lowest BCUT2D eigenvalue weighted by molar-refractivity contribution is -0.116. The smallest absolute Gasteiger partial charge is 0.291 e. The highest BCUT2D eigenvalue weighted by atomic mass is 32.2. The zero-order valence-electron chi connectivity index (χ0n) is 16.5. The molecule has 0 saturated carbocycles. The molecule has 2 N–H and O–H groups in total. The van der Waals surface area contributed by atoms with Gasteiger partial charge in [-0.05, 0) is 48.9 Å². The fraction of sp³-hybridized carbons (Fsp3) is 0.273. The Hall–Kier alpha value is -3.13. The van der Waals surface area contributed by atoms with E-state index in [1.165, 1.54) is 0 Å². The van der Waals surface area contributed by atoms with Gasteiger partial charge >= 0.3 is 0 Å². The van der Waals surface area contributed by atoms with E-state index in [0.29, 0.717) is 48.3 Å². The molecule has 2 aliphatic heterocycles. The van der Waals surface area contributed by atoms with Gasteiger partial charge in [0.15, 0.2) is 17.3 Å². The number of hydrogen-bond donors (Lipinski definition) is 2. The van der Waals surface area contributed by atoms with Crippen LogP contribution in [-0.4, -0.2) is 37.4 Å². The number of fused-ring (bicyclic) bond motifs is 1. The molecule has 1 atom stereocenters. The number of anilines is 1. The summed E-state index contributed by atoms with van der Waals surface area (Å²) >= 11 is 1.54. The van der Waals surface area contributed by atoms with Crippen LogP contribution in [0.3, 0.4) is 0 Å². The molecule has 2 amide bonds. The average molecular weight is 426 g/mol. The summed E-state index contributed by atoms with van der Waals surface area (Å²) in [4.78, 5) is 24.8. The molecule has 8 heteroatoms. The van der Waals surface area contributed by atoms with Crippen molar-refractivity contribution in [1.82, 2.24) is 5.32 Å². The summed E-state index contributed by atoms with van der Waals surface area (Å²) in [6.45, 7) is 3.49. The van der Waals surface area contributed by atoms with Gasteiger partial charge in [0.05, 0.1) is 12.6 Å². The van der Waals surface area contributed by atoms with Gasteiger partial charge in [0.25, 0.3) is 11.8 Å². The number of benzene rings is 2. The van der Waals surface area contributed by atoms with Crippen LogP contribution in [0.15, 0.2) is 53.6 Å². The second kappa shape index (κ2) is 9.13. The Morgan fingerprint density at radius 2 is 1.70 bits per heavy atom. The lowest BCUT2D eigenvalue weighted by Gasteiger charge is -2.21. The largest absolute Gasteiger partial charge is 0.487 e. The fourth-order valence-electron chi connectivity index (χ4n) is 3.08. The second-order valence-corrected chi connectivity index (χ2v) is 7.81. The maximum absolute atomic E-state index is 12.6. The maximum atomic E-state index is 12.6. The van der Waals surface area contributed by atoms with E-state index < -0.39 is 0 Å². The number of amides is 2. The van der Waals surface area contributed by atoms with Crippen LogP contribution in [0.4, 0.5) is 5.69 Å². The highest BCUT2D eigenvalue weighted by molar-refractivity contribution is 8.02. The lowest BCUT2D eigenvalue weighted by Crippen LogP contribution is -2.27. The summed E-state index contributed by atoms with van der Waals surface area (Å²) in [5, 5.41) is 7.46. The molecule has 0 unspecified atom stereocenters. The summed E-state index contributed by atoms with van der Waals surface area (Å²) in [7, 11) is 0. The van der Waals surface area contributed by atoms with Crippen LogP contribution in [0, 0.1) is 0 Å². The molecule has 30 heavy (non-hydrogen) atoms. The zero-order valence-corrected chi connectivity index (χ0v) is 17.3. The Bertz CT molecular complexity index is 974. The Labute approximate surface area is 178 Å². The normalized spacial score (nSPS) is 16.0. The highest BCUT2D eigenvalue weighted by Gasteiger charge is 2.17. The molecule has 2 heterocycles. The molecule has 0 bridgehead atoms. The Balaban J connectivity index is 1.36. The summed E-state index contributed by atoms with van der Waals surface area (Å²) < 4.78 is 16.5. The molecular weight excluding hydrogens is 404 g/mol. The molecule has 0 fully saturated rings. The molecule has 4 rings (SSSR count). The molecular formula is C22H22N2O5S. The monoisotopic (exact) mass is 426 g/mol. The van der Waals surface area contributed by atoms with E-state index in [-0.39, 0.29) is 17.9 Å². The van der Waals surface area contributed by atoms with E-state index in [1.54, 1.807) is 41.4 Å². The molecule has 2 aromatic carbocycles. The SMILES string of the molecule is C[C@H](NC(=O)c1ccc(NC(=O)C2=CSCCO2)cc1)c1ccc2c(c1)OCCO2. The van der Waals surface area contributed by atoms with Crippen LogP contribution >= 0.6 is 11.8 Å². The van der Waals surface area contributed by atoms with Crippen LogP contribution < -0.4 is 20.1 Å². The third-order valence-corrected chi connectivity index (χ3v) is 5.47. The molecule has 0 aromatic heterocycles. The van der Waals surface area contributed by atoms with E-state index in [9.17, 15) is 9.59 Å². The number of carbonyl (C=O) groups is 2. The summed E-state index contributed by atoms with van der Waals surface area (Å²) in [5.74, 6) is 2.05. The minimum Gasteiger partial charge on any atom is -0.487 e. The van der Waals surface area contributed by atoms with Crippen molar-refractivity contribution in [1.29, 1.82) is 0 Å². The first-order chi connectivity index (χ1) is 14.6. The van der Waals surface area contributed by atoms with Gasteiger partial charge in [0, 0.05) is 22.4 Å². The van der Waals surface area contributed by atoms with Gasteiger partial charge in [-0.25, -0.2) is 0 Å². The second-order valence-electron chi connectivity index (χ2n) is 6.83. The molecule has 156 valence electrons. The van der Waals surface area contributed by atoms with E-state index in [0.717, 1.165) is 11.3 Å². The summed E-state index contributed by atoms with van der Waals surface area (Å²) in [6, 6.07) is 12.2. The van der Waals surface area contributed by atoms with Crippen LogP contribution in [-0.2, 0) is 9.53 Å². The Morgan fingerprint density at radius 1 is 0.933 bits per heavy atom. The Kier molecular flexibility index (Phi) is 6.13. The van der Waals surface area contributed by atoms with Crippen molar-refractivity contribution in [2.24, 2.45) is 0 Å². The number of ether oxygens (including phenoxy) is 3. The average Bonchev–Trinajstić information content (AvgIpc) is 2.79. The van der Waals surface area contributed by atoms with Crippen molar-refractivity contribution in [2.75, 3.05) is 30.9 Å². The minimum atomic E-state index is -0.299. The quantitative estimate of drug-likeness (QED) is 0.761. The summed E-state index contributed by atoms with van der Waals surface area (Å²) in [6.07, 6.45) is 0. The third-order valence-electron chi connectivity index (χ3n) is 4.69. The first-order valence-electron chi connectivity index (χ1n) is 9.66. The maximum Gasteiger partial charge on any atom is 0.291 e. The van der Waals surface area contributed by atoms with Gasteiger partial charge in [-0.2, -0.15) is 0 Å². The van der Waals surface area contributed by atoms with Gasteiger partial charge in [-0.3, -0.25) is 9.59 Å². The van der Waals surface area contributed by atoms with E-state index in [1.807, 2.05) is 25.1 Å². The molecule has 0 saturated heterocycles. The topological polar surface area (TPSA) is 85.9 Å². The molecule has 0 aliphatic carbocycles. The molecule has 2 aromatic rings. The number of rotatable bonds is 5. The predicted molar refractivity (Wildman–Crippen MR) is 115 cm³/mol. The minimum absolute atomic E-state index is 0.204. The van der Waals surface area contributed by atoms with Crippen molar-refractivity contribution in [3.8, 4) is 11.5 Å². The first kappa shape index (κ1) is 20.2. The van der Waals surface area contributed by atoms with Gasteiger partial charge in [0.2, 0.25) is 0 Å². The predicted octanol–water partition coefficient (Wildman–Crippen LogP) is 3.49. The van der Waals surface area contributed by atoms with Crippen molar-refractivity contribution in [3.63, 3.8) is 0 Å². The van der Waals surface area contributed by atoms with Gasteiger partial charge in [-0.1, -0.05) is 6.07 Å². The standard InChI is InChI=1S/C22H22N2O5S/c1-14(16-4-7-18-19(12-16)28-9-8-27-18)23-21(25)15-2-5-17(6-3-15)24-22(26)20-13-30-11-10-29-20/h2-7,12-14H,8-11H2,1H3,(H,23,25)(H,24,26)/t14-/m0/s1. The lowest BCUT2D eigenvalue weighted by atomic mass is 10.1. The number of nitrogens with one attached hydrogen (secondary N) is 2. The number of carbonyl (C=O) groups excluding carboxylic acids is 2. The van der Waals surface area contributed by atoms with E-state index >= 15 is 0 Å². The van der Waals surface area contributed by atoms with Gasteiger partial charge in [-0.15, -0.1) is 11.8 Å². The highest BCUT2D eigenvalue weighted by Crippen LogP contribution is 2.32. The van der Waals surface area contributed by atoms with Crippen molar-refractivity contribution in [2.45, 2.75) is 13.0 Å². The van der Waals surface area contributed by atoms with Crippen LogP contribution in [0.5, 0.6) is 11.5 Å². The van der Waals surface area contributed by atoms with Crippen molar-refractivity contribution in [3.05, 3.63) is 64.8 Å². The zero-order chi connectivity index (χ0) is 20.9. The van der Waals surface area contributed by atoms with Crippen molar-refractivity contribution < 1.29 is 23.8 Å². The molecule has 2 aliphatic rings. The van der Waals surface area contributed by atoms with Crippen LogP contribution in [0.2, 0.25) is 0 Å². The van der Waals surface area contributed by atoms with E-state index in [4.69, 9.17) is 14.2 Å². The summed E-state index contributed by atoms with van der Waals surface area (Å²) in [5.41, 5.74) is 2.02. The molecule has 7 nitrogen and oxygen atoms in total. The van der Waals surface area contributed by atoms with Crippen LogP contribution in [0.25, 0.3) is 0 Å². The van der Waals surface area contributed by atoms with E-state index in [2.05, 4.69) is 10.6 Å². The Morgan fingerprint density at radius 3 is 2.43 bits per heavy atom. The van der Waals surface area contributed by atoms with Crippen molar-refractivity contribution >= 4 is 29.3 Å². The molecule has 0 radical (unpaired) electrons.